The molecular formula is C18H22FNO. The fourth-order valence-corrected chi connectivity index (χ4v) is 2.58. The highest BCUT2D eigenvalue weighted by Gasteiger charge is 2.19. The smallest absolute Gasteiger partial charge is 0.128 e. The summed E-state index contributed by atoms with van der Waals surface area (Å²) >= 11 is 0. The molecule has 0 aliphatic heterocycles. The minimum Gasteiger partial charge on any atom is -0.497 e. The Morgan fingerprint density at radius 3 is 2.48 bits per heavy atom. The van der Waals surface area contributed by atoms with Gasteiger partial charge in [0, 0.05) is 5.56 Å². The molecule has 2 nitrogen and oxygen atoms in total. The summed E-state index contributed by atoms with van der Waals surface area (Å²) in [5.41, 5.74) is 3.90. The second-order valence-corrected chi connectivity index (χ2v) is 5.24. The van der Waals surface area contributed by atoms with E-state index in [1.807, 2.05) is 45.0 Å². The lowest BCUT2D eigenvalue weighted by Crippen LogP contribution is -2.24. The van der Waals surface area contributed by atoms with Crippen LogP contribution >= 0.6 is 0 Å². The Hall–Kier alpha value is -1.87. The molecule has 0 spiro atoms. The molecule has 3 heteroatoms. The van der Waals surface area contributed by atoms with Crippen molar-refractivity contribution in [3.05, 3.63) is 64.5 Å². The second kappa shape index (κ2) is 6.72. The summed E-state index contributed by atoms with van der Waals surface area (Å²) in [5.74, 6) is 0.637. The van der Waals surface area contributed by atoms with Crippen LogP contribution in [0.2, 0.25) is 0 Å². The third kappa shape index (κ3) is 3.42. The summed E-state index contributed by atoms with van der Waals surface area (Å²) in [6, 6.07) is 11.0. The van der Waals surface area contributed by atoms with Gasteiger partial charge in [-0.05, 0) is 49.7 Å². The maximum absolute atomic E-state index is 14.2. The molecule has 0 bridgehead atoms. The zero-order chi connectivity index (χ0) is 15.4. The molecule has 2 aromatic carbocycles. The molecule has 0 heterocycles. The van der Waals surface area contributed by atoms with E-state index in [2.05, 4.69) is 5.32 Å². The van der Waals surface area contributed by atoms with E-state index in [1.165, 1.54) is 6.07 Å². The fraction of sp³-hybridized carbons (Fsp3) is 0.333. The SMILES string of the molecule is CCNC(c1ccc(OC)cc1C)c1cc(C)ccc1F. The van der Waals surface area contributed by atoms with E-state index < -0.39 is 0 Å². The van der Waals surface area contributed by atoms with Crippen molar-refractivity contribution in [3.8, 4) is 5.75 Å². The van der Waals surface area contributed by atoms with Crippen LogP contribution in [0.5, 0.6) is 5.75 Å². The minimum absolute atomic E-state index is 0.152. The summed E-state index contributed by atoms with van der Waals surface area (Å²) in [5, 5.41) is 3.38. The summed E-state index contributed by atoms with van der Waals surface area (Å²) in [6.07, 6.45) is 0. The van der Waals surface area contributed by atoms with Crippen molar-refractivity contribution in [1.82, 2.24) is 5.32 Å². The Bertz CT molecular complexity index is 625. The third-order valence-corrected chi connectivity index (χ3v) is 3.66. The van der Waals surface area contributed by atoms with E-state index in [4.69, 9.17) is 4.74 Å². The van der Waals surface area contributed by atoms with E-state index in [0.29, 0.717) is 5.56 Å². The normalized spacial score (nSPS) is 12.2. The van der Waals surface area contributed by atoms with Gasteiger partial charge in [0.2, 0.25) is 0 Å². The average molecular weight is 287 g/mol. The number of nitrogens with one attached hydrogen (secondary N) is 1. The van der Waals surface area contributed by atoms with Crippen LogP contribution in [0.15, 0.2) is 36.4 Å². The molecule has 0 saturated carbocycles. The molecule has 2 rings (SSSR count). The van der Waals surface area contributed by atoms with Crippen molar-refractivity contribution >= 4 is 0 Å². The number of rotatable bonds is 5. The number of halogens is 1. The van der Waals surface area contributed by atoms with Gasteiger partial charge in [-0.2, -0.15) is 0 Å². The fourth-order valence-electron chi connectivity index (χ4n) is 2.58. The molecule has 0 radical (unpaired) electrons. The number of aryl methyl sites for hydroxylation is 2. The second-order valence-electron chi connectivity index (χ2n) is 5.24. The molecule has 112 valence electrons. The molecule has 1 atom stereocenters. The monoisotopic (exact) mass is 287 g/mol. The van der Waals surface area contributed by atoms with Crippen molar-refractivity contribution in [2.75, 3.05) is 13.7 Å². The molecule has 1 N–H and O–H groups in total. The van der Waals surface area contributed by atoms with Crippen LogP contribution < -0.4 is 10.1 Å². The van der Waals surface area contributed by atoms with Gasteiger partial charge >= 0.3 is 0 Å². The highest BCUT2D eigenvalue weighted by molar-refractivity contribution is 5.42. The van der Waals surface area contributed by atoms with Crippen LogP contribution in [0.4, 0.5) is 4.39 Å². The van der Waals surface area contributed by atoms with Crippen molar-refractivity contribution in [3.63, 3.8) is 0 Å². The Morgan fingerprint density at radius 1 is 1.10 bits per heavy atom. The number of benzene rings is 2. The molecule has 0 saturated heterocycles. The number of methoxy groups -OCH3 is 1. The third-order valence-electron chi connectivity index (χ3n) is 3.66. The van der Waals surface area contributed by atoms with Gasteiger partial charge < -0.3 is 10.1 Å². The molecule has 21 heavy (non-hydrogen) atoms. The maximum atomic E-state index is 14.2. The van der Waals surface area contributed by atoms with E-state index in [0.717, 1.165) is 29.0 Å². The largest absolute Gasteiger partial charge is 0.497 e. The average Bonchev–Trinajstić information content (AvgIpc) is 2.48. The van der Waals surface area contributed by atoms with E-state index >= 15 is 0 Å². The Morgan fingerprint density at radius 2 is 1.86 bits per heavy atom. The van der Waals surface area contributed by atoms with E-state index in [9.17, 15) is 4.39 Å². The molecule has 0 amide bonds. The van der Waals surface area contributed by atoms with Crippen LogP contribution in [0, 0.1) is 19.7 Å². The summed E-state index contributed by atoms with van der Waals surface area (Å²) in [6.45, 7) is 6.80. The van der Waals surface area contributed by atoms with Gasteiger partial charge in [0.05, 0.1) is 13.2 Å². The van der Waals surface area contributed by atoms with Gasteiger partial charge in [-0.1, -0.05) is 30.7 Å². The van der Waals surface area contributed by atoms with Crippen molar-refractivity contribution in [2.45, 2.75) is 26.8 Å². The first-order chi connectivity index (χ1) is 10.1. The zero-order valence-electron chi connectivity index (χ0n) is 13.0. The summed E-state index contributed by atoms with van der Waals surface area (Å²) in [4.78, 5) is 0. The topological polar surface area (TPSA) is 21.3 Å². The summed E-state index contributed by atoms with van der Waals surface area (Å²) in [7, 11) is 1.65. The van der Waals surface area contributed by atoms with Crippen molar-refractivity contribution in [2.24, 2.45) is 0 Å². The first-order valence-corrected chi connectivity index (χ1v) is 7.20. The van der Waals surface area contributed by atoms with Gasteiger partial charge in [0.25, 0.3) is 0 Å². The molecule has 0 aliphatic rings. The lowest BCUT2D eigenvalue weighted by Gasteiger charge is -2.22. The van der Waals surface area contributed by atoms with Crippen LogP contribution in [-0.2, 0) is 0 Å². The molecule has 2 aromatic rings. The maximum Gasteiger partial charge on any atom is 0.128 e. The molecule has 1 unspecified atom stereocenters. The number of hydrogen-bond acceptors (Lipinski definition) is 2. The van der Waals surface area contributed by atoms with Gasteiger partial charge in [-0.15, -0.1) is 0 Å². The van der Waals surface area contributed by atoms with Crippen LogP contribution in [0.3, 0.4) is 0 Å². The minimum atomic E-state index is -0.179. The first-order valence-electron chi connectivity index (χ1n) is 7.20. The van der Waals surface area contributed by atoms with E-state index in [-0.39, 0.29) is 11.9 Å². The van der Waals surface area contributed by atoms with Gasteiger partial charge in [-0.25, -0.2) is 4.39 Å². The lowest BCUT2D eigenvalue weighted by atomic mass is 9.93. The van der Waals surface area contributed by atoms with Crippen molar-refractivity contribution in [1.29, 1.82) is 0 Å². The van der Waals surface area contributed by atoms with Crippen LogP contribution in [0.25, 0.3) is 0 Å². The first kappa shape index (κ1) is 15.5. The number of ether oxygens (including phenoxy) is 1. The Kier molecular flexibility index (Phi) is 4.97. The van der Waals surface area contributed by atoms with Gasteiger partial charge in [0.15, 0.2) is 0 Å². The van der Waals surface area contributed by atoms with Gasteiger partial charge in [0.1, 0.15) is 11.6 Å². The number of hydrogen-bond donors (Lipinski definition) is 1. The van der Waals surface area contributed by atoms with E-state index in [1.54, 1.807) is 13.2 Å². The van der Waals surface area contributed by atoms with Crippen molar-refractivity contribution < 1.29 is 9.13 Å². The van der Waals surface area contributed by atoms with Gasteiger partial charge in [-0.3, -0.25) is 0 Å². The Labute approximate surface area is 126 Å². The highest BCUT2D eigenvalue weighted by atomic mass is 19.1. The van der Waals surface area contributed by atoms with Crippen LogP contribution in [0.1, 0.15) is 35.2 Å². The molecule has 0 aliphatic carbocycles. The predicted octanol–water partition coefficient (Wildman–Crippen LogP) is 4.15. The molecular weight excluding hydrogens is 265 g/mol. The standard InChI is InChI=1S/C18H22FNO/c1-5-20-18(16-10-12(2)6-9-17(16)19)15-8-7-14(21-4)11-13(15)3/h6-11,18,20H,5H2,1-4H3. The predicted molar refractivity (Wildman–Crippen MR) is 84.4 cm³/mol. The molecule has 0 fully saturated rings. The quantitative estimate of drug-likeness (QED) is 0.892. The lowest BCUT2D eigenvalue weighted by molar-refractivity contribution is 0.414. The summed E-state index contributed by atoms with van der Waals surface area (Å²) < 4.78 is 19.5. The van der Waals surface area contributed by atoms with Crippen LogP contribution in [-0.4, -0.2) is 13.7 Å². The Balaban J connectivity index is 2.50. The zero-order valence-corrected chi connectivity index (χ0v) is 13.0. The highest BCUT2D eigenvalue weighted by Crippen LogP contribution is 2.29. The molecule has 0 aromatic heterocycles.